The number of hydrogen-bond acceptors (Lipinski definition) is 7. The van der Waals surface area contributed by atoms with Crippen molar-refractivity contribution in [1.82, 2.24) is 10.2 Å². The Morgan fingerprint density at radius 1 is 1.31 bits per heavy atom. The van der Waals surface area contributed by atoms with Crippen LogP contribution in [-0.2, 0) is 9.47 Å². The van der Waals surface area contributed by atoms with Gasteiger partial charge in [-0.25, -0.2) is 9.98 Å². The highest BCUT2D eigenvalue weighted by Gasteiger charge is 2.44. The molecule has 0 aromatic heterocycles. The summed E-state index contributed by atoms with van der Waals surface area (Å²) in [7, 11) is 0. The highest BCUT2D eigenvalue weighted by atomic mass is 32.2. The first-order chi connectivity index (χ1) is 14.0. The maximum atomic E-state index is 6.02. The molecule has 1 N–H and O–H groups in total. The summed E-state index contributed by atoms with van der Waals surface area (Å²) in [6.45, 7) is 12.3. The molecule has 2 fully saturated rings. The van der Waals surface area contributed by atoms with Crippen molar-refractivity contribution < 1.29 is 9.47 Å². The van der Waals surface area contributed by atoms with Crippen molar-refractivity contribution in [3.63, 3.8) is 0 Å². The minimum atomic E-state index is -0.115. The molecule has 0 spiro atoms. The van der Waals surface area contributed by atoms with Gasteiger partial charge in [-0.15, -0.1) is 11.8 Å². The van der Waals surface area contributed by atoms with Crippen LogP contribution in [0.5, 0.6) is 0 Å². The van der Waals surface area contributed by atoms with Gasteiger partial charge < -0.3 is 14.8 Å². The molecular weight excluding hydrogens is 386 g/mol. The average Bonchev–Trinajstić information content (AvgIpc) is 3.04. The number of nitrogens with zero attached hydrogens (tertiary/aromatic N) is 4. The Labute approximate surface area is 176 Å². The molecule has 8 heteroatoms. The molecule has 2 saturated heterocycles. The summed E-state index contributed by atoms with van der Waals surface area (Å²) in [4.78, 5) is 16.8. The molecule has 0 aromatic carbocycles. The molecule has 0 amide bonds. The second kappa shape index (κ2) is 7.65. The number of rotatable bonds is 3. The zero-order chi connectivity index (χ0) is 20.0. The molecule has 5 aliphatic heterocycles. The monoisotopic (exact) mass is 415 g/mol. The zero-order valence-corrected chi connectivity index (χ0v) is 18.2. The van der Waals surface area contributed by atoms with E-state index in [4.69, 9.17) is 24.5 Å². The lowest BCUT2D eigenvalue weighted by atomic mass is 9.91. The van der Waals surface area contributed by atoms with Gasteiger partial charge in [-0.1, -0.05) is 0 Å². The molecule has 5 rings (SSSR count). The van der Waals surface area contributed by atoms with Gasteiger partial charge in [0.25, 0.3) is 0 Å². The van der Waals surface area contributed by atoms with Crippen LogP contribution in [0.25, 0.3) is 0 Å². The lowest BCUT2D eigenvalue weighted by Gasteiger charge is -2.36. The molecule has 0 bridgehead atoms. The molecule has 2 atom stereocenters. The van der Waals surface area contributed by atoms with Crippen LogP contribution in [0.4, 0.5) is 0 Å². The summed E-state index contributed by atoms with van der Waals surface area (Å²) in [6, 6.07) is 0. The molecule has 5 heterocycles. The second-order valence-corrected chi connectivity index (χ2v) is 9.93. The van der Waals surface area contributed by atoms with Crippen molar-refractivity contribution in [2.45, 2.75) is 43.4 Å². The number of nitrogens with one attached hydrogen (secondary N) is 1. The van der Waals surface area contributed by atoms with Crippen LogP contribution in [0.3, 0.4) is 0 Å². The van der Waals surface area contributed by atoms with Crippen LogP contribution >= 0.6 is 11.8 Å². The van der Waals surface area contributed by atoms with Crippen molar-refractivity contribution in [1.29, 1.82) is 0 Å². The van der Waals surface area contributed by atoms with Crippen LogP contribution < -0.4 is 5.32 Å². The molecule has 2 unspecified atom stereocenters. The standard InChI is InChI=1S/C21H29N5O2S/c1-13-23-17-15-10-14-12-28-21(2,3)11-16(14)25-20(15)29-18(17)19(24-13)22-4-5-26-6-8-27-9-7-26/h10,18,20,25H,4-9,11-12H2,1-3H3. The maximum absolute atomic E-state index is 6.02. The number of morpholine rings is 1. The van der Waals surface area contributed by atoms with Crippen molar-refractivity contribution in [3.05, 3.63) is 22.9 Å². The number of thioether (sulfide) groups is 1. The average molecular weight is 416 g/mol. The first-order valence-corrected chi connectivity index (χ1v) is 11.4. The van der Waals surface area contributed by atoms with E-state index in [0.717, 1.165) is 63.2 Å². The van der Waals surface area contributed by atoms with Gasteiger partial charge in [0.05, 0.1) is 37.7 Å². The van der Waals surface area contributed by atoms with E-state index < -0.39 is 0 Å². The Kier molecular flexibility index (Phi) is 5.14. The van der Waals surface area contributed by atoms with Gasteiger partial charge >= 0.3 is 0 Å². The maximum Gasteiger partial charge on any atom is 0.144 e. The van der Waals surface area contributed by atoms with E-state index in [-0.39, 0.29) is 16.2 Å². The van der Waals surface area contributed by atoms with Gasteiger partial charge in [0.1, 0.15) is 22.3 Å². The summed E-state index contributed by atoms with van der Waals surface area (Å²) < 4.78 is 11.5. The number of fused-ring (bicyclic) bond motifs is 3. The minimum absolute atomic E-state index is 0.113. The highest BCUT2D eigenvalue weighted by molar-refractivity contribution is 8.02. The summed E-state index contributed by atoms with van der Waals surface area (Å²) in [6.07, 6.45) is 3.21. The van der Waals surface area contributed by atoms with E-state index in [2.05, 4.69) is 30.1 Å². The fourth-order valence-electron chi connectivity index (χ4n) is 4.37. The highest BCUT2D eigenvalue weighted by Crippen LogP contribution is 2.42. The first kappa shape index (κ1) is 19.5. The Morgan fingerprint density at radius 3 is 2.97 bits per heavy atom. The zero-order valence-electron chi connectivity index (χ0n) is 17.4. The SMILES string of the molecule is CC1=NC(=NCCN2CCOCC2)C2SC3NC4=C(C=C3C2=N1)COC(C)(C)C4. The van der Waals surface area contributed by atoms with E-state index in [1.165, 1.54) is 16.8 Å². The van der Waals surface area contributed by atoms with E-state index >= 15 is 0 Å². The van der Waals surface area contributed by atoms with Crippen LogP contribution in [0.2, 0.25) is 0 Å². The van der Waals surface area contributed by atoms with E-state index in [9.17, 15) is 0 Å². The predicted molar refractivity (Wildman–Crippen MR) is 118 cm³/mol. The fraction of sp³-hybridized carbons (Fsp3) is 0.667. The summed E-state index contributed by atoms with van der Waals surface area (Å²) in [5.74, 6) is 1.71. The van der Waals surface area contributed by atoms with Gasteiger partial charge in [-0.05, 0) is 32.4 Å². The van der Waals surface area contributed by atoms with Gasteiger partial charge in [0.2, 0.25) is 0 Å². The minimum Gasteiger partial charge on any atom is -0.379 e. The smallest absolute Gasteiger partial charge is 0.144 e. The molecule has 156 valence electrons. The van der Waals surface area contributed by atoms with Crippen molar-refractivity contribution in [2.75, 3.05) is 46.0 Å². The Bertz CT molecular complexity index is 851. The number of aliphatic imine (C=N–C) groups is 3. The van der Waals surface area contributed by atoms with Crippen LogP contribution in [0, 0.1) is 0 Å². The molecule has 29 heavy (non-hydrogen) atoms. The number of hydrogen-bond donors (Lipinski definition) is 1. The van der Waals surface area contributed by atoms with Gasteiger partial charge in [-0.2, -0.15) is 0 Å². The predicted octanol–water partition coefficient (Wildman–Crippen LogP) is 2.01. The van der Waals surface area contributed by atoms with E-state index in [0.29, 0.717) is 6.61 Å². The summed E-state index contributed by atoms with van der Waals surface area (Å²) in [5.41, 5.74) is 4.82. The Balaban J connectivity index is 1.33. The van der Waals surface area contributed by atoms with Gasteiger partial charge in [0.15, 0.2) is 0 Å². The third kappa shape index (κ3) is 3.95. The lowest BCUT2D eigenvalue weighted by molar-refractivity contribution is -0.0152. The summed E-state index contributed by atoms with van der Waals surface area (Å²) >= 11 is 1.87. The molecule has 7 nitrogen and oxygen atoms in total. The van der Waals surface area contributed by atoms with Crippen LogP contribution in [0.15, 0.2) is 37.9 Å². The lowest BCUT2D eigenvalue weighted by Crippen LogP contribution is -2.40. The van der Waals surface area contributed by atoms with Crippen molar-refractivity contribution in [3.8, 4) is 0 Å². The number of ether oxygens (including phenoxy) is 2. The molecular formula is C21H29N5O2S. The number of amidine groups is 2. The summed E-state index contributed by atoms with van der Waals surface area (Å²) in [5, 5.41) is 4.09. The Hall–Kier alpha value is -1.48. The Morgan fingerprint density at radius 2 is 2.14 bits per heavy atom. The van der Waals surface area contributed by atoms with E-state index in [1.54, 1.807) is 0 Å². The van der Waals surface area contributed by atoms with Gasteiger partial charge in [-0.3, -0.25) is 9.89 Å². The third-order valence-electron chi connectivity index (χ3n) is 5.93. The third-order valence-corrected chi connectivity index (χ3v) is 7.28. The molecule has 0 saturated carbocycles. The van der Waals surface area contributed by atoms with Crippen molar-refractivity contribution >= 4 is 29.1 Å². The first-order valence-electron chi connectivity index (χ1n) is 10.5. The fourth-order valence-corrected chi connectivity index (χ4v) is 5.75. The molecule has 0 radical (unpaired) electrons. The van der Waals surface area contributed by atoms with Crippen LogP contribution in [-0.4, -0.2) is 84.5 Å². The molecule has 0 aromatic rings. The van der Waals surface area contributed by atoms with Gasteiger partial charge in [0, 0.05) is 37.3 Å². The molecule has 5 aliphatic rings. The molecule has 0 aliphatic carbocycles. The van der Waals surface area contributed by atoms with Crippen molar-refractivity contribution in [2.24, 2.45) is 15.0 Å². The second-order valence-electron chi connectivity index (χ2n) is 8.72. The van der Waals surface area contributed by atoms with Crippen LogP contribution in [0.1, 0.15) is 27.2 Å². The quantitative estimate of drug-likeness (QED) is 0.764. The van der Waals surface area contributed by atoms with E-state index in [1.807, 2.05) is 18.7 Å². The normalized spacial score (nSPS) is 32.7. The topological polar surface area (TPSA) is 70.8 Å². The number of dihydropyridines is 1. The largest absolute Gasteiger partial charge is 0.379 e.